The quantitative estimate of drug-likeness (QED) is 0.354. The van der Waals surface area contributed by atoms with Crippen molar-refractivity contribution in [1.29, 1.82) is 0 Å². The van der Waals surface area contributed by atoms with E-state index >= 15 is 0 Å². The van der Waals surface area contributed by atoms with Crippen LogP contribution in [0.2, 0.25) is 0 Å². The fourth-order valence-electron chi connectivity index (χ4n) is 4.67. The lowest BCUT2D eigenvalue weighted by Crippen LogP contribution is -2.36. The van der Waals surface area contributed by atoms with Crippen LogP contribution in [0, 0.1) is 12.3 Å². The van der Waals surface area contributed by atoms with Crippen molar-refractivity contribution in [2.75, 3.05) is 25.0 Å². The van der Waals surface area contributed by atoms with Crippen LogP contribution in [0.4, 0.5) is 5.69 Å². The van der Waals surface area contributed by atoms with Crippen LogP contribution in [0.5, 0.6) is 0 Å². The van der Waals surface area contributed by atoms with Crippen LogP contribution in [0.15, 0.2) is 47.4 Å². The highest BCUT2D eigenvalue weighted by Crippen LogP contribution is 2.27. The molecule has 202 valence electrons. The molecule has 0 aliphatic carbocycles. The molecule has 4 aromatic rings. The van der Waals surface area contributed by atoms with Gasteiger partial charge in [-0.15, -0.1) is 0 Å². The normalized spacial score (nSPS) is 11.8. The Morgan fingerprint density at radius 3 is 2.50 bits per heavy atom. The number of pyridine rings is 1. The Kier molecular flexibility index (Phi) is 7.76. The number of carbonyl (C=O) groups excluding carboxylic acids is 1. The first-order chi connectivity index (χ1) is 18.0. The summed E-state index contributed by atoms with van der Waals surface area (Å²) in [6, 6.07) is 11.9. The van der Waals surface area contributed by atoms with Crippen LogP contribution in [0.1, 0.15) is 50.2 Å². The molecular weight excluding hydrogens is 478 g/mol. The van der Waals surface area contributed by atoms with Crippen LogP contribution in [-0.2, 0) is 20.6 Å². The standard InChI is InChI=1S/C29H39N7O2/c1-8-15-35(27(37)24-13-16-33(6)32-24)17-14-30-21-10-9-20(2)22(18-21)23-11-12-25-26(31-23)34(7)28(38)36(25)19-29(3,4)5/h9-13,16,18,30H,8,14-15,17,19H2,1-7H3. The van der Waals surface area contributed by atoms with E-state index in [9.17, 15) is 9.59 Å². The van der Waals surface area contributed by atoms with Crippen molar-refractivity contribution in [3.63, 3.8) is 0 Å². The van der Waals surface area contributed by atoms with Gasteiger partial charge in [0.15, 0.2) is 5.65 Å². The molecule has 0 aliphatic rings. The predicted molar refractivity (Wildman–Crippen MR) is 152 cm³/mol. The fraction of sp³-hybridized carbons (Fsp3) is 0.448. The van der Waals surface area contributed by atoms with Crippen LogP contribution in [0.3, 0.4) is 0 Å². The van der Waals surface area contributed by atoms with E-state index in [0.717, 1.165) is 34.4 Å². The van der Waals surface area contributed by atoms with Crippen LogP contribution < -0.4 is 11.0 Å². The molecule has 0 unspecified atom stereocenters. The monoisotopic (exact) mass is 517 g/mol. The Labute approximate surface area is 224 Å². The van der Waals surface area contributed by atoms with E-state index in [2.05, 4.69) is 57.2 Å². The van der Waals surface area contributed by atoms with Crippen molar-refractivity contribution in [1.82, 2.24) is 28.8 Å². The van der Waals surface area contributed by atoms with Crippen molar-refractivity contribution >= 4 is 22.8 Å². The molecule has 1 aromatic carbocycles. The molecule has 3 heterocycles. The Bertz CT molecular complexity index is 1500. The maximum atomic E-state index is 12.9. The van der Waals surface area contributed by atoms with Crippen LogP contribution in [-0.4, -0.2) is 54.3 Å². The van der Waals surface area contributed by atoms with Crippen molar-refractivity contribution < 1.29 is 4.79 Å². The summed E-state index contributed by atoms with van der Waals surface area (Å²) in [5.41, 5.74) is 5.78. The largest absolute Gasteiger partial charge is 0.383 e. The van der Waals surface area contributed by atoms with E-state index in [1.807, 2.05) is 34.7 Å². The molecule has 0 atom stereocenters. The minimum atomic E-state index is -0.0552. The van der Waals surface area contributed by atoms with E-state index in [-0.39, 0.29) is 17.0 Å². The molecule has 9 nitrogen and oxygen atoms in total. The van der Waals surface area contributed by atoms with E-state index < -0.39 is 0 Å². The summed E-state index contributed by atoms with van der Waals surface area (Å²) in [5, 5.41) is 7.73. The van der Waals surface area contributed by atoms with Crippen LogP contribution >= 0.6 is 0 Å². The van der Waals surface area contributed by atoms with Gasteiger partial charge in [-0.2, -0.15) is 5.10 Å². The van der Waals surface area contributed by atoms with Crippen molar-refractivity contribution in [3.05, 3.63) is 64.3 Å². The lowest BCUT2D eigenvalue weighted by molar-refractivity contribution is 0.0755. The van der Waals surface area contributed by atoms with Gasteiger partial charge in [0.25, 0.3) is 5.91 Å². The Morgan fingerprint density at radius 1 is 1.08 bits per heavy atom. The molecule has 38 heavy (non-hydrogen) atoms. The van der Waals surface area contributed by atoms with Gasteiger partial charge >= 0.3 is 5.69 Å². The first-order valence-corrected chi connectivity index (χ1v) is 13.2. The second-order valence-corrected chi connectivity index (χ2v) is 11.2. The zero-order valence-corrected chi connectivity index (χ0v) is 23.6. The Hall–Kier alpha value is -3.88. The lowest BCUT2D eigenvalue weighted by Gasteiger charge is -2.22. The third kappa shape index (κ3) is 5.82. The van der Waals surface area contributed by atoms with Gasteiger partial charge in [-0.3, -0.25) is 18.6 Å². The first-order valence-electron chi connectivity index (χ1n) is 13.2. The number of imidazole rings is 1. The summed E-state index contributed by atoms with van der Waals surface area (Å²) in [6.45, 7) is 13.0. The molecule has 9 heteroatoms. The number of hydrogen-bond donors (Lipinski definition) is 1. The lowest BCUT2D eigenvalue weighted by atomic mass is 9.97. The number of nitrogens with zero attached hydrogens (tertiary/aromatic N) is 6. The second kappa shape index (κ2) is 10.8. The number of anilines is 1. The van der Waals surface area contributed by atoms with Crippen LogP contribution in [0.25, 0.3) is 22.4 Å². The third-order valence-corrected chi connectivity index (χ3v) is 6.55. The Morgan fingerprint density at radius 2 is 1.84 bits per heavy atom. The smallest absolute Gasteiger partial charge is 0.330 e. The SMILES string of the molecule is CCCN(CCNc1ccc(C)c(-c2ccc3c(n2)n(C)c(=O)n3CC(C)(C)C)c1)C(=O)c1ccn(C)n1. The molecule has 3 aromatic heterocycles. The summed E-state index contributed by atoms with van der Waals surface area (Å²) in [6.07, 6.45) is 2.66. The number of aromatic nitrogens is 5. The maximum Gasteiger partial charge on any atom is 0.330 e. The zero-order chi connectivity index (χ0) is 27.6. The number of amides is 1. The summed E-state index contributed by atoms with van der Waals surface area (Å²) >= 11 is 0. The highest BCUT2D eigenvalue weighted by Gasteiger charge is 2.20. The summed E-state index contributed by atoms with van der Waals surface area (Å²) in [5.74, 6) is -0.0552. The van der Waals surface area contributed by atoms with E-state index in [4.69, 9.17) is 4.98 Å². The topological polar surface area (TPSA) is 90.0 Å². The van der Waals surface area contributed by atoms with Crippen molar-refractivity contribution in [3.8, 4) is 11.3 Å². The number of benzene rings is 1. The average molecular weight is 518 g/mol. The first kappa shape index (κ1) is 27.2. The van der Waals surface area contributed by atoms with Crippen molar-refractivity contribution in [2.45, 2.75) is 47.6 Å². The number of rotatable bonds is 9. The van der Waals surface area contributed by atoms with Gasteiger partial charge in [-0.05, 0) is 54.7 Å². The molecule has 0 aliphatic heterocycles. The Balaban J connectivity index is 1.54. The number of hydrogen-bond acceptors (Lipinski definition) is 5. The number of fused-ring (bicyclic) bond motifs is 1. The second-order valence-electron chi connectivity index (χ2n) is 11.2. The van der Waals surface area contributed by atoms with E-state index in [1.165, 1.54) is 0 Å². The fourth-order valence-corrected chi connectivity index (χ4v) is 4.67. The predicted octanol–water partition coefficient (Wildman–Crippen LogP) is 4.45. The van der Waals surface area contributed by atoms with Gasteiger partial charge in [0.1, 0.15) is 5.69 Å². The van der Waals surface area contributed by atoms with Gasteiger partial charge in [0, 0.05) is 57.7 Å². The molecule has 0 fully saturated rings. The molecule has 0 bridgehead atoms. The molecule has 0 saturated heterocycles. The van der Waals surface area contributed by atoms with Gasteiger partial charge < -0.3 is 10.2 Å². The van der Waals surface area contributed by atoms with E-state index in [1.54, 1.807) is 28.6 Å². The molecule has 0 spiro atoms. The molecule has 1 amide bonds. The van der Waals surface area contributed by atoms with Gasteiger partial charge in [0.2, 0.25) is 0 Å². The number of nitrogens with one attached hydrogen (secondary N) is 1. The maximum absolute atomic E-state index is 12.9. The average Bonchev–Trinajstić information content (AvgIpc) is 3.40. The molecule has 0 radical (unpaired) electrons. The molecule has 4 rings (SSSR count). The van der Waals surface area contributed by atoms with Gasteiger partial charge in [0.05, 0.1) is 11.2 Å². The highest BCUT2D eigenvalue weighted by molar-refractivity contribution is 5.92. The summed E-state index contributed by atoms with van der Waals surface area (Å²) in [7, 11) is 3.59. The minimum Gasteiger partial charge on any atom is -0.383 e. The van der Waals surface area contributed by atoms with E-state index in [0.29, 0.717) is 37.5 Å². The van der Waals surface area contributed by atoms with Gasteiger partial charge in [-0.25, -0.2) is 9.78 Å². The summed E-state index contributed by atoms with van der Waals surface area (Å²) in [4.78, 5) is 32.6. The van der Waals surface area contributed by atoms with Crippen molar-refractivity contribution in [2.24, 2.45) is 19.5 Å². The molecule has 0 saturated carbocycles. The zero-order valence-electron chi connectivity index (χ0n) is 23.6. The number of aryl methyl sites for hydroxylation is 3. The third-order valence-electron chi connectivity index (χ3n) is 6.55. The van der Waals surface area contributed by atoms with Gasteiger partial charge in [-0.1, -0.05) is 33.8 Å². The molecular formula is C29H39N7O2. The number of carbonyl (C=O) groups is 1. The highest BCUT2D eigenvalue weighted by atomic mass is 16.2. The molecule has 1 N–H and O–H groups in total. The summed E-state index contributed by atoms with van der Waals surface area (Å²) < 4.78 is 5.08. The minimum absolute atomic E-state index is 0.0255.